The largest absolute Gasteiger partial charge is 0.451 e. The zero-order valence-corrected chi connectivity index (χ0v) is 18.5. The van der Waals surface area contributed by atoms with E-state index >= 15 is 0 Å². The first-order valence-electron chi connectivity index (χ1n) is 9.21. The minimum atomic E-state index is -4.87. The van der Waals surface area contributed by atoms with Gasteiger partial charge >= 0.3 is 18.0 Å². The van der Waals surface area contributed by atoms with Crippen molar-refractivity contribution in [1.29, 1.82) is 0 Å². The summed E-state index contributed by atoms with van der Waals surface area (Å²) in [7, 11) is -3.72. The maximum atomic E-state index is 13.9. The Bertz CT molecular complexity index is 1470. The van der Waals surface area contributed by atoms with Crippen molar-refractivity contribution in [3.63, 3.8) is 0 Å². The van der Waals surface area contributed by atoms with Gasteiger partial charge < -0.3 is 9.72 Å². The molecule has 0 fully saturated rings. The molecule has 15 heteroatoms. The van der Waals surface area contributed by atoms with Crippen molar-refractivity contribution in [3.8, 4) is 11.3 Å². The molecule has 0 aliphatic heterocycles. The van der Waals surface area contributed by atoms with E-state index in [0.29, 0.717) is 12.3 Å². The summed E-state index contributed by atoms with van der Waals surface area (Å²) in [6.07, 6.45) is -4.62. The van der Waals surface area contributed by atoms with Crippen molar-refractivity contribution in [1.82, 2.24) is 19.4 Å². The third kappa shape index (κ3) is 4.22. The number of nitrogens with one attached hydrogen (secondary N) is 1. The molecule has 178 valence electrons. The molecule has 33 heavy (non-hydrogen) atoms. The van der Waals surface area contributed by atoms with Crippen LogP contribution in [0, 0.1) is 0 Å². The molecule has 0 bridgehead atoms. The second-order valence-electron chi connectivity index (χ2n) is 7.22. The predicted octanol–water partition coefficient (Wildman–Crippen LogP) is 1.82. The van der Waals surface area contributed by atoms with Crippen LogP contribution in [0.15, 0.2) is 34.0 Å². The molecule has 0 radical (unpaired) electrons. The molecule has 0 aliphatic rings. The predicted molar refractivity (Wildman–Crippen MR) is 111 cm³/mol. The maximum Gasteiger partial charge on any atom is 0.443 e. The lowest BCUT2D eigenvalue weighted by molar-refractivity contribution is -0.137. The highest BCUT2D eigenvalue weighted by Gasteiger charge is 2.36. The molecule has 1 amide bonds. The Kier molecular flexibility index (Phi) is 5.87. The molecule has 2 heterocycles. The summed E-state index contributed by atoms with van der Waals surface area (Å²) in [4.78, 5) is 39.6. The average molecular weight is 489 g/mol. The second-order valence-corrected chi connectivity index (χ2v) is 9.03. The summed E-state index contributed by atoms with van der Waals surface area (Å²) in [6.45, 7) is 3.38. The van der Waals surface area contributed by atoms with Crippen LogP contribution in [-0.2, 0) is 20.9 Å². The summed E-state index contributed by atoms with van der Waals surface area (Å²) >= 11 is 0. The lowest BCUT2D eigenvalue weighted by Gasteiger charge is -2.20. The summed E-state index contributed by atoms with van der Waals surface area (Å²) in [6, 6.07) is 2.41. The summed E-state index contributed by atoms with van der Waals surface area (Å²) in [5.74, 6) is 0. The molecule has 0 saturated heterocycles. The number of ether oxygens (including phenoxy) is 1. The normalized spacial score (nSPS) is 12.4. The fraction of sp³-hybridized carbons (Fsp3) is 0.333. The van der Waals surface area contributed by atoms with Crippen LogP contribution in [0.4, 0.5) is 18.0 Å². The van der Waals surface area contributed by atoms with Gasteiger partial charge in [0.1, 0.15) is 0 Å². The van der Waals surface area contributed by atoms with Crippen LogP contribution in [-0.4, -0.2) is 47.3 Å². The number of sulfonamides is 1. The quantitative estimate of drug-likeness (QED) is 0.590. The molecule has 0 aliphatic carbocycles. The molecular formula is C18H18F3N5O6S. The fourth-order valence-corrected chi connectivity index (χ4v) is 4.04. The smallest absolute Gasteiger partial charge is 0.443 e. The van der Waals surface area contributed by atoms with Gasteiger partial charge in [-0.05, 0) is 32.0 Å². The van der Waals surface area contributed by atoms with Crippen LogP contribution in [0.25, 0.3) is 22.2 Å². The topological polar surface area (TPSA) is 136 Å². The number of carbonyl (C=O) groups excluding carboxylic acids is 1. The number of hydrogen-bond acceptors (Lipinski definition) is 7. The first-order valence-corrected chi connectivity index (χ1v) is 11.1. The number of carbonyl (C=O) groups is 1. The van der Waals surface area contributed by atoms with Crippen LogP contribution >= 0.6 is 0 Å². The Morgan fingerprint density at radius 3 is 2.39 bits per heavy atom. The molecule has 0 saturated carbocycles. The first kappa shape index (κ1) is 24.0. The third-order valence-corrected chi connectivity index (χ3v) is 5.52. The van der Waals surface area contributed by atoms with Gasteiger partial charge in [-0.15, -0.1) is 4.68 Å². The molecule has 1 N–H and O–H groups in total. The molecule has 3 aromatic rings. The summed E-state index contributed by atoms with van der Waals surface area (Å²) in [5.41, 5.74) is -4.87. The number of halogens is 3. The average Bonchev–Trinajstić information content (AvgIpc) is 3.18. The van der Waals surface area contributed by atoms with E-state index in [4.69, 9.17) is 0 Å². The number of nitrogens with zero attached hydrogens (tertiary/aromatic N) is 4. The Labute approximate surface area is 184 Å². The zero-order chi connectivity index (χ0) is 24.9. The van der Waals surface area contributed by atoms with E-state index in [1.54, 1.807) is 13.8 Å². The molecule has 1 aromatic carbocycles. The number of amides is 1. The van der Waals surface area contributed by atoms with E-state index in [0.717, 1.165) is 13.2 Å². The van der Waals surface area contributed by atoms with Crippen LogP contribution in [0.2, 0.25) is 0 Å². The van der Waals surface area contributed by atoms with Crippen LogP contribution in [0.3, 0.4) is 0 Å². The highest BCUT2D eigenvalue weighted by Crippen LogP contribution is 2.39. The number of methoxy groups -OCH3 is 1. The standard InChI is InChI=1S/C18H18F3N5O6S/c1-9(2)24-14(5-6-22-24)10-7-11-13(8-12(10)18(19,20)21)23-16(28)25(15(11)27)26(17(29)32-3)33(4,30)31/h5-9H,1-4H3,(H,23,28). The zero-order valence-electron chi connectivity index (χ0n) is 17.7. The highest BCUT2D eigenvalue weighted by atomic mass is 32.2. The Hall–Kier alpha value is -3.62. The van der Waals surface area contributed by atoms with Gasteiger partial charge in [-0.1, -0.05) is 4.41 Å². The summed E-state index contributed by atoms with van der Waals surface area (Å²) in [5, 5.41) is 3.52. The molecule has 3 rings (SSSR count). The molecule has 11 nitrogen and oxygen atoms in total. The van der Waals surface area contributed by atoms with E-state index < -0.39 is 55.6 Å². The van der Waals surface area contributed by atoms with Crippen molar-refractivity contribution in [2.24, 2.45) is 0 Å². The number of fused-ring (bicyclic) bond motifs is 1. The van der Waals surface area contributed by atoms with E-state index in [1.165, 1.54) is 16.9 Å². The van der Waals surface area contributed by atoms with Gasteiger partial charge in [0.15, 0.2) is 0 Å². The minimum absolute atomic E-state index is 0.0318. The lowest BCUT2D eigenvalue weighted by Crippen LogP contribution is -2.55. The second kappa shape index (κ2) is 8.06. The van der Waals surface area contributed by atoms with Crippen LogP contribution in [0.5, 0.6) is 0 Å². The number of aromatic nitrogens is 4. The van der Waals surface area contributed by atoms with E-state index in [2.05, 4.69) is 9.84 Å². The van der Waals surface area contributed by atoms with Crippen LogP contribution in [0.1, 0.15) is 25.5 Å². The van der Waals surface area contributed by atoms with Crippen molar-refractivity contribution in [3.05, 3.63) is 50.8 Å². The molecule has 2 aromatic heterocycles. The van der Waals surface area contributed by atoms with Gasteiger partial charge in [0.05, 0.1) is 35.5 Å². The van der Waals surface area contributed by atoms with Gasteiger partial charge in [-0.25, -0.2) is 18.0 Å². The van der Waals surface area contributed by atoms with Gasteiger partial charge in [0.2, 0.25) is 0 Å². The number of aromatic amines is 1. The number of H-pyrrole nitrogens is 1. The summed E-state index contributed by atoms with van der Waals surface area (Å²) < 4.78 is 71.1. The Morgan fingerprint density at radius 1 is 1.24 bits per heavy atom. The minimum Gasteiger partial charge on any atom is -0.451 e. The Balaban J connectivity index is 2.48. The fourth-order valence-electron chi connectivity index (χ4n) is 3.25. The van der Waals surface area contributed by atoms with Crippen molar-refractivity contribution in [2.45, 2.75) is 26.1 Å². The number of alkyl halides is 3. The van der Waals surface area contributed by atoms with Gasteiger partial charge in [-0.2, -0.15) is 18.3 Å². The van der Waals surface area contributed by atoms with E-state index in [1.807, 2.05) is 4.98 Å². The maximum absolute atomic E-state index is 13.9. The molecular weight excluding hydrogens is 471 g/mol. The molecule has 0 unspecified atom stereocenters. The van der Waals surface area contributed by atoms with E-state index in [-0.39, 0.29) is 20.8 Å². The Morgan fingerprint density at radius 2 is 1.88 bits per heavy atom. The van der Waals surface area contributed by atoms with E-state index in [9.17, 15) is 36.0 Å². The lowest BCUT2D eigenvalue weighted by atomic mass is 10.0. The number of rotatable bonds is 4. The van der Waals surface area contributed by atoms with Crippen molar-refractivity contribution >= 4 is 27.0 Å². The van der Waals surface area contributed by atoms with Gasteiger partial charge in [0, 0.05) is 17.8 Å². The highest BCUT2D eigenvalue weighted by molar-refractivity contribution is 7.92. The van der Waals surface area contributed by atoms with Gasteiger partial charge in [-0.3, -0.25) is 9.48 Å². The third-order valence-electron chi connectivity index (χ3n) is 4.58. The molecule has 0 spiro atoms. The van der Waals surface area contributed by atoms with Crippen molar-refractivity contribution in [2.75, 3.05) is 17.8 Å². The number of benzene rings is 1. The van der Waals surface area contributed by atoms with Crippen molar-refractivity contribution < 1.29 is 31.1 Å². The number of hydrogen-bond donors (Lipinski definition) is 1. The first-order chi connectivity index (χ1) is 15.2. The monoisotopic (exact) mass is 489 g/mol. The molecule has 0 atom stereocenters. The SMILES string of the molecule is COC(=O)N(n1c(=O)[nH]c2cc(C(F)(F)F)c(-c3ccnn3C(C)C)cc2c1=O)S(C)(=O)=O. The van der Waals surface area contributed by atoms with Gasteiger partial charge in [0.25, 0.3) is 15.6 Å². The van der Waals surface area contributed by atoms with Crippen LogP contribution < -0.4 is 15.7 Å².